The van der Waals surface area contributed by atoms with Crippen molar-refractivity contribution in [2.45, 2.75) is 6.54 Å². The standard InChI is InChI=1S/C13H12N2O5/c1-20-12-9(10(16)11(12)17)15-8-4-2-7(3-5-8)6-14-13(18)19/h2-5,14-15H,6H2,1H3,(H,18,19). The fourth-order valence-electron chi connectivity index (χ4n) is 1.71. The predicted octanol–water partition coefficient (Wildman–Crippen LogP) is 0.802. The first-order chi connectivity index (χ1) is 9.52. The molecule has 0 saturated heterocycles. The maximum absolute atomic E-state index is 11.4. The lowest BCUT2D eigenvalue weighted by atomic mass is 10.1. The normalized spacial score (nSPS) is 10.2. The average Bonchev–Trinajstić information content (AvgIpc) is 2.45. The maximum Gasteiger partial charge on any atom is 0.404 e. The van der Waals surface area contributed by atoms with Crippen LogP contribution < -0.4 is 26.2 Å². The van der Waals surface area contributed by atoms with Crippen LogP contribution in [0.3, 0.4) is 0 Å². The molecule has 0 atom stereocenters. The number of ether oxygens (including phenoxy) is 1. The van der Waals surface area contributed by atoms with Crippen molar-refractivity contribution in [2.75, 3.05) is 12.4 Å². The lowest BCUT2D eigenvalue weighted by molar-refractivity contribution is 0.194. The Kier molecular flexibility index (Phi) is 3.69. The van der Waals surface area contributed by atoms with Gasteiger partial charge >= 0.3 is 6.09 Å². The molecule has 0 aliphatic rings. The van der Waals surface area contributed by atoms with E-state index in [0.29, 0.717) is 5.69 Å². The molecule has 0 radical (unpaired) electrons. The Hall–Kier alpha value is -2.83. The summed E-state index contributed by atoms with van der Waals surface area (Å²) < 4.78 is 4.81. The molecule has 2 rings (SSSR count). The number of benzene rings is 1. The summed E-state index contributed by atoms with van der Waals surface area (Å²) >= 11 is 0. The monoisotopic (exact) mass is 276 g/mol. The molecule has 104 valence electrons. The zero-order chi connectivity index (χ0) is 14.7. The van der Waals surface area contributed by atoms with Crippen molar-refractivity contribution in [3.05, 3.63) is 50.3 Å². The number of rotatable bonds is 5. The van der Waals surface area contributed by atoms with Crippen LogP contribution in [0.15, 0.2) is 33.9 Å². The van der Waals surface area contributed by atoms with E-state index >= 15 is 0 Å². The van der Waals surface area contributed by atoms with E-state index in [1.165, 1.54) is 7.11 Å². The zero-order valence-corrected chi connectivity index (χ0v) is 10.6. The van der Waals surface area contributed by atoms with Crippen LogP contribution in [0.25, 0.3) is 0 Å². The SMILES string of the molecule is COc1c(Nc2ccc(CNC(=O)O)cc2)c(=O)c1=O. The van der Waals surface area contributed by atoms with E-state index in [2.05, 4.69) is 10.6 Å². The van der Waals surface area contributed by atoms with Crippen molar-refractivity contribution in [3.8, 4) is 5.75 Å². The summed E-state index contributed by atoms with van der Waals surface area (Å²) in [6.45, 7) is 0.193. The molecule has 0 bridgehead atoms. The van der Waals surface area contributed by atoms with Crippen molar-refractivity contribution in [3.63, 3.8) is 0 Å². The van der Waals surface area contributed by atoms with E-state index in [9.17, 15) is 14.4 Å². The first kappa shape index (κ1) is 13.6. The van der Waals surface area contributed by atoms with Crippen molar-refractivity contribution < 1.29 is 14.6 Å². The molecule has 20 heavy (non-hydrogen) atoms. The topological polar surface area (TPSA) is 105 Å². The van der Waals surface area contributed by atoms with Crippen LogP contribution in [0.1, 0.15) is 5.56 Å². The molecular formula is C13H12N2O5. The summed E-state index contributed by atoms with van der Waals surface area (Å²) in [7, 11) is 1.32. The second-order valence-corrected chi connectivity index (χ2v) is 4.05. The minimum atomic E-state index is -1.10. The van der Waals surface area contributed by atoms with Crippen LogP contribution in [0.4, 0.5) is 16.2 Å². The van der Waals surface area contributed by atoms with Crippen LogP contribution in [0.5, 0.6) is 5.75 Å². The van der Waals surface area contributed by atoms with Crippen molar-refractivity contribution in [1.29, 1.82) is 0 Å². The highest BCUT2D eigenvalue weighted by Gasteiger charge is 2.21. The number of hydrogen-bond donors (Lipinski definition) is 3. The van der Waals surface area contributed by atoms with Gasteiger partial charge in [0.25, 0.3) is 10.9 Å². The van der Waals surface area contributed by atoms with Gasteiger partial charge in [-0.15, -0.1) is 0 Å². The second kappa shape index (κ2) is 5.43. The molecule has 3 N–H and O–H groups in total. The van der Waals surface area contributed by atoms with Gasteiger partial charge in [0.1, 0.15) is 5.69 Å². The van der Waals surface area contributed by atoms with Crippen LogP contribution in [-0.4, -0.2) is 18.3 Å². The van der Waals surface area contributed by atoms with Crippen LogP contribution in [0, 0.1) is 0 Å². The number of hydrogen-bond acceptors (Lipinski definition) is 5. The molecule has 0 fully saturated rings. The first-order valence-corrected chi connectivity index (χ1v) is 5.73. The third-order valence-corrected chi connectivity index (χ3v) is 2.74. The summed E-state index contributed by atoms with van der Waals surface area (Å²) in [5.41, 5.74) is 0.258. The van der Waals surface area contributed by atoms with E-state index < -0.39 is 17.0 Å². The molecular weight excluding hydrogens is 264 g/mol. The minimum Gasteiger partial charge on any atom is -0.491 e. The summed E-state index contributed by atoms with van der Waals surface area (Å²) in [5.74, 6) is 0.0200. The molecule has 1 amide bonds. The van der Waals surface area contributed by atoms with Crippen LogP contribution in [0.2, 0.25) is 0 Å². The van der Waals surface area contributed by atoms with E-state index in [-0.39, 0.29) is 18.0 Å². The predicted molar refractivity (Wildman–Crippen MR) is 72.5 cm³/mol. The molecule has 0 heterocycles. The third kappa shape index (κ3) is 2.61. The molecule has 0 aliphatic heterocycles. The molecule has 2 aromatic rings. The van der Waals surface area contributed by atoms with Gasteiger partial charge in [0.05, 0.1) is 7.11 Å². The molecule has 0 aromatic heterocycles. The largest absolute Gasteiger partial charge is 0.491 e. The fourth-order valence-corrected chi connectivity index (χ4v) is 1.71. The maximum atomic E-state index is 11.4. The minimum absolute atomic E-state index is 0.0200. The number of carboxylic acid groups (broad SMARTS) is 1. The van der Waals surface area contributed by atoms with Gasteiger partial charge in [0.15, 0.2) is 5.75 Å². The third-order valence-electron chi connectivity index (χ3n) is 2.74. The summed E-state index contributed by atoms with van der Waals surface area (Å²) in [6.07, 6.45) is -1.10. The Labute approximate surface area is 113 Å². The Morgan fingerprint density at radius 2 is 1.85 bits per heavy atom. The van der Waals surface area contributed by atoms with E-state index in [0.717, 1.165) is 5.56 Å². The number of methoxy groups -OCH3 is 1. The Morgan fingerprint density at radius 3 is 2.40 bits per heavy atom. The smallest absolute Gasteiger partial charge is 0.404 e. The van der Waals surface area contributed by atoms with Gasteiger partial charge in [-0.25, -0.2) is 4.79 Å². The zero-order valence-electron chi connectivity index (χ0n) is 10.6. The van der Waals surface area contributed by atoms with E-state index in [1.54, 1.807) is 24.3 Å². The van der Waals surface area contributed by atoms with Gasteiger partial charge in [0, 0.05) is 12.2 Å². The number of amides is 1. The van der Waals surface area contributed by atoms with Crippen LogP contribution >= 0.6 is 0 Å². The highest BCUT2D eigenvalue weighted by atomic mass is 16.5. The highest BCUT2D eigenvalue weighted by molar-refractivity contribution is 5.70. The molecule has 0 saturated carbocycles. The molecule has 0 aliphatic carbocycles. The van der Waals surface area contributed by atoms with Crippen molar-refractivity contribution in [1.82, 2.24) is 5.32 Å². The van der Waals surface area contributed by atoms with Gasteiger partial charge in [-0.2, -0.15) is 0 Å². The van der Waals surface area contributed by atoms with Gasteiger partial charge in [-0.05, 0) is 17.7 Å². The summed E-state index contributed by atoms with van der Waals surface area (Å²) in [5, 5.41) is 13.5. The fraction of sp³-hybridized carbons (Fsp3) is 0.154. The lowest BCUT2D eigenvalue weighted by Crippen LogP contribution is -2.34. The second-order valence-electron chi connectivity index (χ2n) is 4.05. The molecule has 2 aromatic carbocycles. The Balaban J connectivity index is 2.07. The molecule has 0 spiro atoms. The van der Waals surface area contributed by atoms with Gasteiger partial charge in [0.2, 0.25) is 0 Å². The molecule has 7 nitrogen and oxygen atoms in total. The summed E-state index contributed by atoms with van der Waals surface area (Å²) in [4.78, 5) is 32.9. The van der Waals surface area contributed by atoms with Crippen LogP contribution in [-0.2, 0) is 6.54 Å². The summed E-state index contributed by atoms with van der Waals surface area (Å²) in [6, 6.07) is 6.76. The molecule has 0 unspecified atom stereocenters. The quantitative estimate of drug-likeness (QED) is 0.698. The van der Waals surface area contributed by atoms with Gasteiger partial charge in [-0.1, -0.05) is 12.1 Å². The Bertz CT molecular complexity index is 698. The van der Waals surface area contributed by atoms with Crippen molar-refractivity contribution in [2.24, 2.45) is 0 Å². The van der Waals surface area contributed by atoms with E-state index in [1.807, 2.05) is 0 Å². The average molecular weight is 276 g/mol. The number of anilines is 2. The van der Waals surface area contributed by atoms with Gasteiger partial charge in [-0.3, -0.25) is 9.59 Å². The van der Waals surface area contributed by atoms with E-state index in [4.69, 9.17) is 9.84 Å². The number of carbonyl (C=O) groups is 1. The lowest BCUT2D eigenvalue weighted by Gasteiger charge is -2.12. The first-order valence-electron chi connectivity index (χ1n) is 5.73. The Morgan fingerprint density at radius 1 is 1.20 bits per heavy atom. The highest BCUT2D eigenvalue weighted by Crippen LogP contribution is 2.22. The number of nitrogens with one attached hydrogen (secondary N) is 2. The van der Waals surface area contributed by atoms with Crippen molar-refractivity contribution >= 4 is 17.5 Å². The molecule has 7 heteroatoms. The van der Waals surface area contributed by atoms with Gasteiger partial charge < -0.3 is 20.5 Å².